The average Bonchev–Trinajstić information content (AvgIpc) is 2.70. The zero-order valence-electron chi connectivity index (χ0n) is 10.5. The van der Waals surface area contributed by atoms with Crippen molar-refractivity contribution in [3.8, 4) is 5.75 Å². The molecule has 104 valence electrons. The number of amides is 1. The van der Waals surface area contributed by atoms with Crippen molar-refractivity contribution in [2.75, 3.05) is 0 Å². The number of thiocarbonyl (C=S) groups is 1. The number of nitrogens with one attached hydrogen (secondary N) is 2. The summed E-state index contributed by atoms with van der Waals surface area (Å²) in [4.78, 5) is 22.1. The predicted octanol–water partition coefficient (Wildman–Crippen LogP) is 0.884. The molecular weight excluding hydrogens is 280 g/mol. The topological polar surface area (TPSA) is 87.7 Å². The van der Waals surface area contributed by atoms with E-state index in [0.29, 0.717) is 11.4 Å². The van der Waals surface area contributed by atoms with Gasteiger partial charge in [-0.2, -0.15) is 0 Å². The van der Waals surface area contributed by atoms with Gasteiger partial charge in [0, 0.05) is 0 Å². The van der Waals surface area contributed by atoms with Crippen LogP contribution in [0.3, 0.4) is 0 Å². The van der Waals surface area contributed by atoms with Crippen molar-refractivity contribution in [3.63, 3.8) is 0 Å². The first-order chi connectivity index (χ1) is 9.45. The van der Waals surface area contributed by atoms with Gasteiger partial charge in [0.1, 0.15) is 11.4 Å². The Labute approximate surface area is 120 Å². The standard InChI is InChI=1S/C13H12N2O4S/c1-7(12(17)18)19-9-4-2-8(3-5-9)6-10-11(16)15-13(20)14-10/h2-7H,1H3,(H,17,18)(H2,14,15,16,20)/b10-6+/t7-/m0/s1. The molecule has 0 unspecified atom stereocenters. The summed E-state index contributed by atoms with van der Waals surface area (Å²) in [6.07, 6.45) is 0.720. The Kier molecular flexibility index (Phi) is 3.99. The number of benzene rings is 1. The normalized spacial score (nSPS) is 17.6. The molecule has 20 heavy (non-hydrogen) atoms. The lowest BCUT2D eigenvalue weighted by molar-refractivity contribution is -0.144. The van der Waals surface area contributed by atoms with Crippen molar-refractivity contribution in [2.24, 2.45) is 0 Å². The molecule has 0 radical (unpaired) electrons. The highest BCUT2D eigenvalue weighted by atomic mass is 32.1. The molecule has 1 heterocycles. The molecule has 1 aliphatic heterocycles. The first-order valence-corrected chi connectivity index (χ1v) is 6.20. The maximum atomic E-state index is 11.5. The number of aliphatic carboxylic acids is 1. The molecule has 0 aliphatic carbocycles. The second-order valence-electron chi connectivity index (χ2n) is 4.13. The quantitative estimate of drug-likeness (QED) is 0.564. The van der Waals surface area contributed by atoms with Crippen LogP contribution in [0.5, 0.6) is 5.75 Å². The second kappa shape index (κ2) is 5.70. The molecule has 6 nitrogen and oxygen atoms in total. The minimum atomic E-state index is -1.03. The highest BCUT2D eigenvalue weighted by Crippen LogP contribution is 2.16. The lowest BCUT2D eigenvalue weighted by Crippen LogP contribution is -2.22. The Bertz CT molecular complexity index is 595. The van der Waals surface area contributed by atoms with Crippen molar-refractivity contribution in [2.45, 2.75) is 13.0 Å². The average molecular weight is 292 g/mol. The van der Waals surface area contributed by atoms with Gasteiger partial charge in [-0.05, 0) is 42.9 Å². The predicted molar refractivity (Wildman–Crippen MR) is 76.0 cm³/mol. The van der Waals surface area contributed by atoms with E-state index < -0.39 is 12.1 Å². The monoisotopic (exact) mass is 292 g/mol. The van der Waals surface area contributed by atoms with E-state index in [4.69, 9.17) is 22.1 Å². The van der Waals surface area contributed by atoms with Gasteiger partial charge in [0.2, 0.25) is 0 Å². The summed E-state index contributed by atoms with van der Waals surface area (Å²) in [5.41, 5.74) is 1.13. The largest absolute Gasteiger partial charge is 0.479 e. The van der Waals surface area contributed by atoms with Crippen molar-refractivity contribution in [3.05, 3.63) is 35.5 Å². The minimum Gasteiger partial charge on any atom is -0.479 e. The van der Waals surface area contributed by atoms with Crippen LogP contribution in [0.4, 0.5) is 0 Å². The van der Waals surface area contributed by atoms with Crippen LogP contribution in [0, 0.1) is 0 Å². The lowest BCUT2D eigenvalue weighted by Gasteiger charge is -2.10. The summed E-state index contributed by atoms with van der Waals surface area (Å²) in [6, 6.07) is 6.70. The van der Waals surface area contributed by atoms with Crippen LogP contribution in [-0.2, 0) is 9.59 Å². The van der Waals surface area contributed by atoms with Crippen molar-refractivity contribution in [1.82, 2.24) is 10.6 Å². The molecule has 1 aromatic carbocycles. The number of rotatable bonds is 4. The molecule has 1 atom stereocenters. The van der Waals surface area contributed by atoms with Gasteiger partial charge in [0.05, 0.1) is 0 Å². The summed E-state index contributed by atoms with van der Waals surface area (Å²) in [7, 11) is 0. The number of hydrogen-bond donors (Lipinski definition) is 3. The molecule has 1 saturated heterocycles. The third-order valence-corrected chi connectivity index (χ3v) is 2.78. The highest BCUT2D eigenvalue weighted by Gasteiger charge is 2.19. The van der Waals surface area contributed by atoms with Gasteiger partial charge >= 0.3 is 5.97 Å². The van der Waals surface area contributed by atoms with Gasteiger partial charge in [0.15, 0.2) is 11.2 Å². The fourth-order valence-electron chi connectivity index (χ4n) is 1.55. The van der Waals surface area contributed by atoms with Crippen LogP contribution in [0.15, 0.2) is 30.0 Å². The van der Waals surface area contributed by atoms with Crippen molar-refractivity contribution < 1.29 is 19.4 Å². The number of ether oxygens (including phenoxy) is 1. The lowest BCUT2D eigenvalue weighted by atomic mass is 10.2. The SMILES string of the molecule is C[C@H](Oc1ccc(/C=C2/NC(=S)NC2=O)cc1)C(=O)O. The molecule has 3 N–H and O–H groups in total. The van der Waals surface area contributed by atoms with E-state index in [0.717, 1.165) is 5.56 Å². The van der Waals surface area contributed by atoms with Crippen LogP contribution >= 0.6 is 12.2 Å². The van der Waals surface area contributed by atoms with Gasteiger partial charge in [-0.3, -0.25) is 10.1 Å². The highest BCUT2D eigenvalue weighted by molar-refractivity contribution is 7.80. The molecular formula is C13H12N2O4S. The second-order valence-corrected chi connectivity index (χ2v) is 4.54. The minimum absolute atomic E-state index is 0.275. The van der Waals surface area contributed by atoms with Crippen LogP contribution < -0.4 is 15.4 Å². The van der Waals surface area contributed by atoms with E-state index in [1.807, 2.05) is 0 Å². The van der Waals surface area contributed by atoms with E-state index in [1.54, 1.807) is 30.3 Å². The third-order valence-electron chi connectivity index (χ3n) is 2.57. The summed E-state index contributed by atoms with van der Waals surface area (Å²) < 4.78 is 5.20. The van der Waals surface area contributed by atoms with E-state index in [9.17, 15) is 9.59 Å². The molecule has 1 fully saturated rings. The molecule has 2 rings (SSSR count). The number of carbonyl (C=O) groups excluding carboxylic acids is 1. The summed E-state index contributed by atoms with van der Waals surface area (Å²) >= 11 is 4.82. The summed E-state index contributed by atoms with van der Waals surface area (Å²) in [5.74, 6) is -0.868. The Balaban J connectivity index is 2.09. The van der Waals surface area contributed by atoms with Gasteiger partial charge in [0.25, 0.3) is 5.91 Å². The van der Waals surface area contributed by atoms with Crippen molar-refractivity contribution >= 4 is 35.3 Å². The molecule has 1 aromatic rings. The van der Waals surface area contributed by atoms with Gasteiger partial charge in [-0.25, -0.2) is 4.79 Å². The fraction of sp³-hybridized carbons (Fsp3) is 0.154. The van der Waals surface area contributed by atoms with E-state index in [2.05, 4.69) is 10.6 Å². The maximum absolute atomic E-state index is 11.5. The van der Waals surface area contributed by atoms with E-state index in [1.165, 1.54) is 6.92 Å². The summed E-state index contributed by atoms with van der Waals surface area (Å²) in [5, 5.41) is 14.2. The Morgan fingerprint density at radius 1 is 1.35 bits per heavy atom. The fourth-order valence-corrected chi connectivity index (χ4v) is 1.75. The molecule has 0 spiro atoms. The van der Waals surface area contributed by atoms with Crippen LogP contribution in [0.25, 0.3) is 6.08 Å². The third kappa shape index (κ3) is 3.33. The first-order valence-electron chi connectivity index (χ1n) is 5.79. The number of hydrogen-bond acceptors (Lipinski definition) is 4. The smallest absolute Gasteiger partial charge is 0.344 e. The Hall–Kier alpha value is -2.41. The van der Waals surface area contributed by atoms with Crippen LogP contribution in [0.2, 0.25) is 0 Å². The van der Waals surface area contributed by atoms with Gasteiger partial charge in [-0.1, -0.05) is 12.1 Å². The molecule has 7 heteroatoms. The van der Waals surface area contributed by atoms with Gasteiger partial charge in [-0.15, -0.1) is 0 Å². The van der Waals surface area contributed by atoms with Crippen LogP contribution in [-0.4, -0.2) is 28.2 Å². The maximum Gasteiger partial charge on any atom is 0.344 e. The Morgan fingerprint density at radius 2 is 2.00 bits per heavy atom. The van der Waals surface area contributed by atoms with E-state index >= 15 is 0 Å². The molecule has 0 saturated carbocycles. The molecule has 1 amide bonds. The molecule has 0 aromatic heterocycles. The Morgan fingerprint density at radius 3 is 2.50 bits per heavy atom. The number of carboxylic acids is 1. The van der Waals surface area contributed by atoms with E-state index in [-0.39, 0.29) is 11.0 Å². The zero-order chi connectivity index (χ0) is 14.7. The summed E-state index contributed by atoms with van der Waals surface area (Å²) in [6.45, 7) is 1.45. The first kappa shape index (κ1) is 14.0. The molecule has 0 bridgehead atoms. The number of carbonyl (C=O) groups is 2. The van der Waals surface area contributed by atoms with Crippen LogP contribution in [0.1, 0.15) is 12.5 Å². The molecule has 1 aliphatic rings. The number of carboxylic acid groups (broad SMARTS) is 1. The van der Waals surface area contributed by atoms with Gasteiger partial charge < -0.3 is 15.2 Å². The zero-order valence-corrected chi connectivity index (χ0v) is 11.4. The van der Waals surface area contributed by atoms with Crippen molar-refractivity contribution in [1.29, 1.82) is 0 Å².